The molecule has 1 aromatic heterocycles. The average molecular weight is 199 g/mol. The van der Waals surface area contributed by atoms with Crippen molar-refractivity contribution in [3.63, 3.8) is 0 Å². The van der Waals surface area contributed by atoms with Gasteiger partial charge in [0.05, 0.1) is 5.52 Å². The smallest absolute Gasteiger partial charge is 0.160 e. The molecule has 0 N–H and O–H groups in total. The Labute approximate surface area is 89.0 Å². The second kappa shape index (κ2) is 3.81. The highest BCUT2D eigenvalue weighted by molar-refractivity contribution is 6.06. The van der Waals surface area contributed by atoms with E-state index >= 15 is 0 Å². The molecule has 0 atom stereocenters. The van der Waals surface area contributed by atoms with Crippen molar-refractivity contribution in [1.82, 2.24) is 4.98 Å². The van der Waals surface area contributed by atoms with E-state index in [1.165, 1.54) is 0 Å². The summed E-state index contributed by atoms with van der Waals surface area (Å²) in [5.41, 5.74) is 2.65. The van der Waals surface area contributed by atoms with Crippen LogP contribution in [0.4, 0.5) is 0 Å². The molecular weight excluding hydrogens is 186 g/mol. The van der Waals surface area contributed by atoms with Gasteiger partial charge in [-0.15, -0.1) is 0 Å². The van der Waals surface area contributed by atoms with Crippen molar-refractivity contribution >= 4 is 16.7 Å². The summed E-state index contributed by atoms with van der Waals surface area (Å²) in [4.78, 5) is 16.0. The summed E-state index contributed by atoms with van der Waals surface area (Å²) in [5, 5.41) is 0.946. The average Bonchev–Trinajstić information content (AvgIpc) is 2.27. The van der Waals surface area contributed by atoms with E-state index < -0.39 is 0 Å². The number of ketones is 1. The number of hydrogen-bond acceptors (Lipinski definition) is 2. The Hall–Kier alpha value is -1.70. The van der Waals surface area contributed by atoms with Crippen LogP contribution in [0.5, 0.6) is 0 Å². The Morgan fingerprint density at radius 3 is 2.73 bits per heavy atom. The van der Waals surface area contributed by atoms with Gasteiger partial charge in [-0.1, -0.05) is 25.1 Å². The highest BCUT2D eigenvalue weighted by atomic mass is 16.1. The van der Waals surface area contributed by atoms with Gasteiger partial charge in [0.1, 0.15) is 0 Å². The largest absolute Gasteiger partial charge is 0.294 e. The van der Waals surface area contributed by atoms with Crippen LogP contribution in [0.25, 0.3) is 10.9 Å². The predicted octanol–water partition coefficient (Wildman–Crippen LogP) is 3.00. The lowest BCUT2D eigenvalue weighted by atomic mass is 10.0. The first-order chi connectivity index (χ1) is 7.22. The van der Waals surface area contributed by atoms with Gasteiger partial charge in [-0.3, -0.25) is 9.78 Å². The number of benzene rings is 1. The van der Waals surface area contributed by atoms with Crippen molar-refractivity contribution in [2.45, 2.75) is 20.3 Å². The van der Waals surface area contributed by atoms with Gasteiger partial charge in [0.2, 0.25) is 0 Å². The fraction of sp³-hybridized carbons (Fsp3) is 0.231. The second-order valence-corrected chi connectivity index (χ2v) is 3.59. The summed E-state index contributed by atoms with van der Waals surface area (Å²) in [6.45, 7) is 3.64. The summed E-state index contributed by atoms with van der Waals surface area (Å²) >= 11 is 0. The number of Topliss-reactive ketones (excluding diaryl/α,β-unsaturated/α-hetero) is 1. The van der Waals surface area contributed by atoms with E-state index in [4.69, 9.17) is 0 Å². The van der Waals surface area contributed by atoms with Crippen LogP contribution in [-0.2, 0) is 6.42 Å². The van der Waals surface area contributed by atoms with Gasteiger partial charge in [-0.05, 0) is 25.5 Å². The third kappa shape index (κ3) is 1.75. The lowest BCUT2D eigenvalue weighted by Gasteiger charge is -2.05. The maximum absolute atomic E-state index is 11.5. The number of para-hydroxylation sites is 1. The number of aromatic nitrogens is 1. The number of carbonyl (C=O) groups excluding carboxylic acids is 1. The zero-order valence-corrected chi connectivity index (χ0v) is 8.95. The molecular formula is C13H13NO. The topological polar surface area (TPSA) is 30.0 Å². The quantitative estimate of drug-likeness (QED) is 0.696. The van der Waals surface area contributed by atoms with Crippen LogP contribution in [0.3, 0.4) is 0 Å². The number of aryl methyl sites for hydroxylation is 1. The van der Waals surface area contributed by atoms with Crippen molar-refractivity contribution in [3.8, 4) is 0 Å². The predicted molar refractivity (Wildman–Crippen MR) is 61.1 cm³/mol. The molecule has 0 radical (unpaired) electrons. The van der Waals surface area contributed by atoms with E-state index in [9.17, 15) is 4.79 Å². The zero-order chi connectivity index (χ0) is 10.8. The fourth-order valence-electron chi connectivity index (χ4n) is 1.70. The SMILES string of the molecule is CCc1cc(C(C)=O)c2ccccc2n1. The summed E-state index contributed by atoms with van der Waals surface area (Å²) in [6, 6.07) is 9.66. The molecule has 0 saturated heterocycles. The van der Waals surface area contributed by atoms with E-state index in [0.717, 1.165) is 28.6 Å². The molecule has 0 amide bonds. The molecule has 0 saturated carbocycles. The molecule has 1 aromatic carbocycles. The van der Waals surface area contributed by atoms with Crippen LogP contribution in [0.15, 0.2) is 30.3 Å². The highest BCUT2D eigenvalue weighted by Crippen LogP contribution is 2.18. The summed E-state index contributed by atoms with van der Waals surface area (Å²) in [5.74, 6) is 0.100. The normalized spacial score (nSPS) is 10.5. The summed E-state index contributed by atoms with van der Waals surface area (Å²) in [6.07, 6.45) is 0.852. The summed E-state index contributed by atoms with van der Waals surface area (Å²) < 4.78 is 0. The third-order valence-electron chi connectivity index (χ3n) is 2.51. The zero-order valence-electron chi connectivity index (χ0n) is 8.95. The number of fused-ring (bicyclic) bond motifs is 1. The van der Waals surface area contributed by atoms with Crippen molar-refractivity contribution in [3.05, 3.63) is 41.6 Å². The molecule has 2 aromatic rings. The van der Waals surface area contributed by atoms with Crippen LogP contribution in [0.2, 0.25) is 0 Å². The first-order valence-electron chi connectivity index (χ1n) is 5.12. The van der Waals surface area contributed by atoms with Crippen LogP contribution < -0.4 is 0 Å². The molecule has 2 heteroatoms. The van der Waals surface area contributed by atoms with E-state index in [2.05, 4.69) is 4.98 Å². The van der Waals surface area contributed by atoms with Crippen molar-refractivity contribution in [2.75, 3.05) is 0 Å². The lowest BCUT2D eigenvalue weighted by Crippen LogP contribution is -1.98. The Bertz CT molecular complexity index is 517. The van der Waals surface area contributed by atoms with Crippen molar-refractivity contribution in [1.29, 1.82) is 0 Å². The molecule has 0 aliphatic heterocycles. The van der Waals surface area contributed by atoms with Crippen LogP contribution in [-0.4, -0.2) is 10.8 Å². The molecule has 0 aliphatic carbocycles. The first kappa shape index (κ1) is 9.84. The standard InChI is InChI=1S/C13H13NO/c1-3-10-8-12(9(2)15)11-6-4-5-7-13(11)14-10/h4-8H,3H2,1-2H3. The van der Waals surface area contributed by atoms with Gasteiger partial charge in [0.15, 0.2) is 5.78 Å². The maximum atomic E-state index is 11.5. The van der Waals surface area contributed by atoms with Crippen LogP contribution in [0, 0.1) is 0 Å². The van der Waals surface area contributed by atoms with Crippen molar-refractivity contribution in [2.24, 2.45) is 0 Å². The number of hydrogen-bond donors (Lipinski definition) is 0. The van der Waals surface area contributed by atoms with E-state index in [0.29, 0.717) is 0 Å². The molecule has 76 valence electrons. The Kier molecular flexibility index (Phi) is 2.50. The Morgan fingerprint density at radius 2 is 2.07 bits per heavy atom. The minimum atomic E-state index is 0.100. The molecule has 15 heavy (non-hydrogen) atoms. The molecule has 2 nitrogen and oxygen atoms in total. The number of carbonyl (C=O) groups is 1. The summed E-state index contributed by atoms with van der Waals surface area (Å²) in [7, 11) is 0. The minimum Gasteiger partial charge on any atom is -0.294 e. The first-order valence-corrected chi connectivity index (χ1v) is 5.12. The third-order valence-corrected chi connectivity index (χ3v) is 2.51. The highest BCUT2D eigenvalue weighted by Gasteiger charge is 2.07. The monoisotopic (exact) mass is 199 g/mol. The number of rotatable bonds is 2. The van der Waals surface area contributed by atoms with E-state index in [1.54, 1.807) is 6.92 Å². The second-order valence-electron chi connectivity index (χ2n) is 3.59. The lowest BCUT2D eigenvalue weighted by molar-refractivity contribution is 0.101. The Balaban J connectivity index is 2.80. The van der Waals surface area contributed by atoms with Gasteiger partial charge < -0.3 is 0 Å². The van der Waals surface area contributed by atoms with Gasteiger partial charge in [0.25, 0.3) is 0 Å². The van der Waals surface area contributed by atoms with Gasteiger partial charge >= 0.3 is 0 Å². The fourth-order valence-corrected chi connectivity index (χ4v) is 1.70. The van der Waals surface area contributed by atoms with Gasteiger partial charge in [-0.2, -0.15) is 0 Å². The molecule has 2 rings (SSSR count). The molecule has 0 bridgehead atoms. The molecule has 0 unspecified atom stereocenters. The molecule has 0 aliphatic rings. The van der Waals surface area contributed by atoms with Gasteiger partial charge in [0, 0.05) is 16.6 Å². The Morgan fingerprint density at radius 1 is 1.33 bits per heavy atom. The molecule has 0 fully saturated rings. The van der Waals surface area contributed by atoms with Gasteiger partial charge in [-0.25, -0.2) is 0 Å². The van der Waals surface area contributed by atoms with Crippen molar-refractivity contribution < 1.29 is 4.79 Å². The van der Waals surface area contributed by atoms with Crippen LogP contribution >= 0.6 is 0 Å². The number of pyridine rings is 1. The van der Waals surface area contributed by atoms with E-state index in [-0.39, 0.29) is 5.78 Å². The minimum absolute atomic E-state index is 0.100. The molecule has 1 heterocycles. The van der Waals surface area contributed by atoms with Crippen LogP contribution in [0.1, 0.15) is 29.9 Å². The molecule has 0 spiro atoms. The van der Waals surface area contributed by atoms with E-state index in [1.807, 2.05) is 37.3 Å². The maximum Gasteiger partial charge on any atom is 0.160 e. The number of nitrogens with zero attached hydrogens (tertiary/aromatic N) is 1.